The van der Waals surface area contributed by atoms with E-state index in [1.807, 2.05) is 49.4 Å². The minimum absolute atomic E-state index is 0.507. The number of nitrogens with zero attached hydrogens (tertiary/aromatic N) is 3. The summed E-state index contributed by atoms with van der Waals surface area (Å²) in [7, 11) is 0. The molecule has 1 aromatic carbocycles. The van der Waals surface area contributed by atoms with Gasteiger partial charge in [-0.2, -0.15) is 4.98 Å². The van der Waals surface area contributed by atoms with Gasteiger partial charge in [-0.1, -0.05) is 23.4 Å². The molecule has 0 spiro atoms. The summed E-state index contributed by atoms with van der Waals surface area (Å²) in [5.74, 6) is 1.06. The monoisotopic (exact) mass is 266 g/mol. The molecular formula is C15H14N4O. The number of anilines is 1. The number of aromatic nitrogens is 3. The summed E-state index contributed by atoms with van der Waals surface area (Å²) in [5, 5.41) is 3.97. The Kier molecular flexibility index (Phi) is 3.16. The van der Waals surface area contributed by atoms with Crippen LogP contribution in [0.2, 0.25) is 0 Å². The van der Waals surface area contributed by atoms with Crippen molar-refractivity contribution in [2.24, 2.45) is 0 Å². The quantitative estimate of drug-likeness (QED) is 0.737. The standard InChI is InChI=1S/C15H14N4O/c1-10-4-2-7-13(17-10)15-18-14(20-19-15)9-11-5-3-6-12(16)8-11/h2-8H,9,16H2,1H3. The number of aryl methyl sites for hydroxylation is 1. The number of pyridine rings is 1. The molecule has 0 aliphatic carbocycles. The zero-order valence-corrected chi connectivity index (χ0v) is 11.1. The normalized spacial score (nSPS) is 10.7. The second-order valence-corrected chi connectivity index (χ2v) is 4.60. The van der Waals surface area contributed by atoms with E-state index in [1.54, 1.807) is 0 Å². The zero-order chi connectivity index (χ0) is 13.9. The first-order valence-electron chi connectivity index (χ1n) is 6.32. The number of nitrogens with two attached hydrogens (primary N) is 1. The van der Waals surface area contributed by atoms with Crippen molar-refractivity contribution >= 4 is 5.69 Å². The molecule has 2 N–H and O–H groups in total. The maximum absolute atomic E-state index is 5.75. The Morgan fingerprint density at radius 1 is 1.10 bits per heavy atom. The molecule has 0 unspecified atom stereocenters. The maximum Gasteiger partial charge on any atom is 0.231 e. The Balaban J connectivity index is 1.84. The topological polar surface area (TPSA) is 77.8 Å². The first-order chi connectivity index (χ1) is 9.70. The van der Waals surface area contributed by atoms with Gasteiger partial charge in [0.25, 0.3) is 0 Å². The Morgan fingerprint density at radius 3 is 2.75 bits per heavy atom. The van der Waals surface area contributed by atoms with Gasteiger partial charge in [-0.05, 0) is 36.8 Å². The molecule has 0 atom stereocenters. The SMILES string of the molecule is Cc1cccc(-c2noc(Cc3cccc(N)c3)n2)n1. The molecule has 2 heterocycles. The molecule has 2 aromatic heterocycles. The minimum atomic E-state index is 0.507. The highest BCUT2D eigenvalue weighted by atomic mass is 16.5. The fourth-order valence-electron chi connectivity index (χ4n) is 1.98. The minimum Gasteiger partial charge on any atom is -0.399 e. The fraction of sp³-hybridized carbons (Fsp3) is 0.133. The average Bonchev–Trinajstić information content (AvgIpc) is 2.87. The van der Waals surface area contributed by atoms with Crippen molar-refractivity contribution < 1.29 is 4.52 Å². The summed E-state index contributed by atoms with van der Waals surface area (Å²) >= 11 is 0. The number of benzene rings is 1. The third-order valence-corrected chi connectivity index (χ3v) is 2.89. The van der Waals surface area contributed by atoms with Crippen molar-refractivity contribution in [3.8, 4) is 11.5 Å². The van der Waals surface area contributed by atoms with Crippen LogP contribution in [0.4, 0.5) is 5.69 Å². The molecule has 20 heavy (non-hydrogen) atoms. The molecule has 100 valence electrons. The number of nitrogen functional groups attached to an aromatic ring is 1. The number of rotatable bonds is 3. The molecule has 0 bridgehead atoms. The summed E-state index contributed by atoms with van der Waals surface area (Å²) in [6, 6.07) is 13.3. The molecule has 0 amide bonds. The molecular weight excluding hydrogens is 252 g/mol. The van der Waals surface area contributed by atoms with Crippen LogP contribution in [0.5, 0.6) is 0 Å². The van der Waals surface area contributed by atoms with Gasteiger partial charge in [0.05, 0.1) is 6.42 Å². The van der Waals surface area contributed by atoms with Gasteiger partial charge in [-0.3, -0.25) is 0 Å². The van der Waals surface area contributed by atoms with E-state index in [0.717, 1.165) is 16.9 Å². The molecule has 0 saturated heterocycles. The van der Waals surface area contributed by atoms with Gasteiger partial charge < -0.3 is 10.3 Å². The highest BCUT2D eigenvalue weighted by Crippen LogP contribution is 2.16. The van der Waals surface area contributed by atoms with Gasteiger partial charge in [0.15, 0.2) is 0 Å². The second kappa shape index (κ2) is 5.13. The van der Waals surface area contributed by atoms with Crippen LogP contribution in [0, 0.1) is 6.92 Å². The van der Waals surface area contributed by atoms with Crippen molar-refractivity contribution in [3.05, 3.63) is 59.6 Å². The van der Waals surface area contributed by atoms with E-state index in [1.165, 1.54) is 0 Å². The maximum atomic E-state index is 5.75. The van der Waals surface area contributed by atoms with E-state index in [0.29, 0.717) is 23.8 Å². The predicted octanol–water partition coefficient (Wildman–Crippen LogP) is 2.61. The van der Waals surface area contributed by atoms with Gasteiger partial charge >= 0.3 is 0 Å². The van der Waals surface area contributed by atoms with E-state index in [-0.39, 0.29) is 0 Å². The number of hydrogen-bond acceptors (Lipinski definition) is 5. The number of hydrogen-bond donors (Lipinski definition) is 1. The van der Waals surface area contributed by atoms with Crippen LogP contribution in [0.1, 0.15) is 17.1 Å². The molecule has 3 rings (SSSR count). The van der Waals surface area contributed by atoms with E-state index < -0.39 is 0 Å². The molecule has 0 saturated carbocycles. The van der Waals surface area contributed by atoms with Crippen LogP contribution < -0.4 is 5.73 Å². The molecule has 0 aliphatic heterocycles. The Morgan fingerprint density at radius 2 is 1.95 bits per heavy atom. The molecule has 3 aromatic rings. The van der Waals surface area contributed by atoms with Crippen molar-refractivity contribution in [1.29, 1.82) is 0 Å². The molecule has 0 radical (unpaired) electrons. The molecule has 5 heteroatoms. The lowest BCUT2D eigenvalue weighted by atomic mass is 10.1. The summed E-state index contributed by atoms with van der Waals surface area (Å²) in [6.45, 7) is 1.93. The first kappa shape index (κ1) is 12.3. The highest BCUT2D eigenvalue weighted by molar-refractivity contribution is 5.48. The lowest BCUT2D eigenvalue weighted by molar-refractivity contribution is 0.385. The van der Waals surface area contributed by atoms with Crippen LogP contribution >= 0.6 is 0 Å². The third kappa shape index (κ3) is 2.66. The average molecular weight is 266 g/mol. The van der Waals surface area contributed by atoms with Crippen molar-refractivity contribution in [2.75, 3.05) is 5.73 Å². The van der Waals surface area contributed by atoms with E-state index in [2.05, 4.69) is 15.1 Å². The van der Waals surface area contributed by atoms with Gasteiger partial charge in [0, 0.05) is 11.4 Å². The van der Waals surface area contributed by atoms with Crippen LogP contribution in [-0.4, -0.2) is 15.1 Å². The summed E-state index contributed by atoms with van der Waals surface area (Å²) < 4.78 is 5.26. The zero-order valence-electron chi connectivity index (χ0n) is 11.1. The summed E-state index contributed by atoms with van der Waals surface area (Å²) in [6.07, 6.45) is 0.559. The lowest BCUT2D eigenvalue weighted by Gasteiger charge is -1.97. The summed E-state index contributed by atoms with van der Waals surface area (Å²) in [4.78, 5) is 8.74. The fourth-order valence-corrected chi connectivity index (χ4v) is 1.98. The predicted molar refractivity (Wildman–Crippen MR) is 75.9 cm³/mol. The van der Waals surface area contributed by atoms with E-state index >= 15 is 0 Å². The Hall–Kier alpha value is -2.69. The van der Waals surface area contributed by atoms with Crippen LogP contribution in [-0.2, 0) is 6.42 Å². The van der Waals surface area contributed by atoms with E-state index in [4.69, 9.17) is 10.3 Å². The van der Waals surface area contributed by atoms with Gasteiger partial charge in [0.2, 0.25) is 11.7 Å². The molecule has 0 fully saturated rings. The lowest BCUT2D eigenvalue weighted by Crippen LogP contribution is -1.92. The van der Waals surface area contributed by atoms with Gasteiger partial charge in [0.1, 0.15) is 5.69 Å². The van der Waals surface area contributed by atoms with Gasteiger partial charge in [-0.15, -0.1) is 0 Å². The van der Waals surface area contributed by atoms with Crippen molar-refractivity contribution in [2.45, 2.75) is 13.3 Å². The van der Waals surface area contributed by atoms with Crippen molar-refractivity contribution in [3.63, 3.8) is 0 Å². The Bertz CT molecular complexity index is 736. The molecule has 0 aliphatic rings. The Labute approximate surface area is 116 Å². The summed E-state index contributed by atoms with van der Waals surface area (Å²) in [5.41, 5.74) is 9.15. The van der Waals surface area contributed by atoms with Crippen LogP contribution in [0.3, 0.4) is 0 Å². The van der Waals surface area contributed by atoms with Crippen LogP contribution in [0.25, 0.3) is 11.5 Å². The first-order valence-corrected chi connectivity index (χ1v) is 6.32. The molecule has 5 nitrogen and oxygen atoms in total. The second-order valence-electron chi connectivity index (χ2n) is 4.60. The largest absolute Gasteiger partial charge is 0.399 e. The van der Waals surface area contributed by atoms with Crippen molar-refractivity contribution in [1.82, 2.24) is 15.1 Å². The van der Waals surface area contributed by atoms with Gasteiger partial charge in [-0.25, -0.2) is 4.98 Å². The smallest absolute Gasteiger partial charge is 0.231 e. The highest BCUT2D eigenvalue weighted by Gasteiger charge is 2.10. The third-order valence-electron chi connectivity index (χ3n) is 2.89. The van der Waals surface area contributed by atoms with Crippen LogP contribution in [0.15, 0.2) is 47.0 Å². The van der Waals surface area contributed by atoms with E-state index in [9.17, 15) is 0 Å².